The van der Waals surface area contributed by atoms with E-state index in [-0.39, 0.29) is 5.91 Å². The highest BCUT2D eigenvalue weighted by molar-refractivity contribution is 5.94. The van der Waals surface area contributed by atoms with E-state index >= 15 is 0 Å². The summed E-state index contributed by atoms with van der Waals surface area (Å²) < 4.78 is 5.17. The molecule has 0 radical (unpaired) electrons. The number of carbonyl (C=O) groups is 1. The second kappa shape index (κ2) is 8.55. The quantitative estimate of drug-likeness (QED) is 0.812. The van der Waals surface area contributed by atoms with Crippen LogP contribution in [0.15, 0.2) is 48.5 Å². The van der Waals surface area contributed by atoms with Crippen LogP contribution in [0.1, 0.15) is 29.6 Å². The summed E-state index contributed by atoms with van der Waals surface area (Å²) in [6.45, 7) is 5.57. The van der Waals surface area contributed by atoms with Gasteiger partial charge in [-0.15, -0.1) is 0 Å². The van der Waals surface area contributed by atoms with Crippen molar-refractivity contribution >= 4 is 17.3 Å². The molecule has 0 saturated carbocycles. The van der Waals surface area contributed by atoms with Crippen molar-refractivity contribution in [2.24, 2.45) is 0 Å². The first-order valence-electron chi connectivity index (χ1n) is 10.3. The molecule has 0 aliphatic carbocycles. The number of ether oxygens (including phenoxy) is 1. The monoisotopic (exact) mass is 379 g/mol. The number of nitrogens with zero attached hydrogens (tertiary/aromatic N) is 3. The van der Waals surface area contributed by atoms with Gasteiger partial charge in [-0.05, 0) is 67.8 Å². The third kappa shape index (κ3) is 4.08. The lowest BCUT2D eigenvalue weighted by molar-refractivity contribution is 0.0747. The van der Waals surface area contributed by atoms with Gasteiger partial charge < -0.3 is 19.4 Å². The minimum atomic E-state index is 0.0998. The zero-order valence-corrected chi connectivity index (χ0v) is 16.6. The predicted octanol–water partition coefficient (Wildman–Crippen LogP) is 3.65. The molecule has 28 heavy (non-hydrogen) atoms. The maximum atomic E-state index is 12.7. The molecule has 1 amide bonds. The van der Waals surface area contributed by atoms with Crippen molar-refractivity contribution in [1.82, 2.24) is 4.90 Å². The van der Waals surface area contributed by atoms with Crippen LogP contribution in [0, 0.1) is 0 Å². The van der Waals surface area contributed by atoms with E-state index in [9.17, 15) is 4.79 Å². The van der Waals surface area contributed by atoms with Crippen LogP contribution in [0.4, 0.5) is 11.4 Å². The van der Waals surface area contributed by atoms with Crippen LogP contribution in [0.5, 0.6) is 5.75 Å². The number of amides is 1. The molecule has 0 spiro atoms. The Morgan fingerprint density at radius 2 is 1.25 bits per heavy atom. The zero-order valence-electron chi connectivity index (χ0n) is 16.6. The lowest BCUT2D eigenvalue weighted by Crippen LogP contribution is -2.48. The van der Waals surface area contributed by atoms with Gasteiger partial charge in [-0.1, -0.05) is 0 Å². The first-order chi connectivity index (χ1) is 13.7. The first kappa shape index (κ1) is 18.7. The summed E-state index contributed by atoms with van der Waals surface area (Å²) in [5.74, 6) is 0.872. The van der Waals surface area contributed by atoms with E-state index in [1.54, 1.807) is 7.11 Å². The third-order valence-electron chi connectivity index (χ3n) is 5.84. The number of piperazine rings is 1. The van der Waals surface area contributed by atoms with Gasteiger partial charge in [0.25, 0.3) is 5.91 Å². The fourth-order valence-electron chi connectivity index (χ4n) is 4.11. The zero-order chi connectivity index (χ0) is 19.3. The van der Waals surface area contributed by atoms with Gasteiger partial charge in [0, 0.05) is 56.2 Å². The van der Waals surface area contributed by atoms with E-state index in [0.717, 1.165) is 37.5 Å². The molecule has 5 nitrogen and oxygen atoms in total. The molecule has 2 aliphatic heterocycles. The molecule has 2 aromatic carbocycles. The molecule has 0 unspecified atom stereocenters. The summed E-state index contributed by atoms with van der Waals surface area (Å²) in [5.41, 5.74) is 3.30. The van der Waals surface area contributed by atoms with Crippen LogP contribution in [-0.4, -0.2) is 57.2 Å². The van der Waals surface area contributed by atoms with Crippen LogP contribution in [0.25, 0.3) is 0 Å². The van der Waals surface area contributed by atoms with Gasteiger partial charge in [0.2, 0.25) is 0 Å². The van der Waals surface area contributed by atoms with Gasteiger partial charge in [0.05, 0.1) is 7.11 Å². The Balaban J connectivity index is 1.33. The predicted molar refractivity (Wildman–Crippen MR) is 114 cm³/mol. The topological polar surface area (TPSA) is 36.0 Å². The molecule has 4 rings (SSSR count). The molecule has 0 atom stereocenters. The summed E-state index contributed by atoms with van der Waals surface area (Å²) in [6.07, 6.45) is 3.95. The fourth-order valence-corrected chi connectivity index (χ4v) is 4.11. The van der Waals surface area contributed by atoms with Crippen LogP contribution in [0.2, 0.25) is 0 Å². The number of methoxy groups -OCH3 is 1. The van der Waals surface area contributed by atoms with Crippen molar-refractivity contribution in [3.63, 3.8) is 0 Å². The summed E-state index contributed by atoms with van der Waals surface area (Å²) in [6, 6.07) is 16.3. The van der Waals surface area contributed by atoms with Crippen molar-refractivity contribution in [3.05, 3.63) is 54.1 Å². The highest BCUT2D eigenvalue weighted by atomic mass is 16.5. The normalized spacial score (nSPS) is 17.5. The second-order valence-corrected chi connectivity index (χ2v) is 7.57. The van der Waals surface area contributed by atoms with Crippen LogP contribution in [-0.2, 0) is 0 Å². The Morgan fingerprint density at radius 1 is 0.714 bits per heavy atom. The van der Waals surface area contributed by atoms with E-state index in [1.165, 1.54) is 43.7 Å². The van der Waals surface area contributed by atoms with Crippen molar-refractivity contribution < 1.29 is 9.53 Å². The van der Waals surface area contributed by atoms with Gasteiger partial charge >= 0.3 is 0 Å². The van der Waals surface area contributed by atoms with Crippen molar-refractivity contribution in [2.75, 3.05) is 56.2 Å². The smallest absolute Gasteiger partial charge is 0.253 e. The molecule has 0 aromatic heterocycles. The highest BCUT2D eigenvalue weighted by Crippen LogP contribution is 2.24. The SMILES string of the molecule is COc1ccc(C(=O)N2CCN(c3ccc(N4CCCCC4)cc3)CC2)cc1. The highest BCUT2D eigenvalue weighted by Gasteiger charge is 2.22. The standard InChI is InChI=1S/C23H29N3O2/c1-28-22-11-5-19(6-12-22)23(27)26-17-15-25(16-18-26)21-9-7-20(8-10-21)24-13-3-2-4-14-24/h5-12H,2-4,13-18H2,1H3. The largest absolute Gasteiger partial charge is 0.497 e. The summed E-state index contributed by atoms with van der Waals surface area (Å²) in [4.78, 5) is 19.5. The number of rotatable bonds is 4. The fraction of sp³-hybridized carbons (Fsp3) is 0.435. The molecule has 2 heterocycles. The number of piperidine rings is 1. The Kier molecular flexibility index (Phi) is 5.70. The lowest BCUT2D eigenvalue weighted by atomic mass is 10.1. The van der Waals surface area contributed by atoms with Crippen LogP contribution < -0.4 is 14.5 Å². The van der Waals surface area contributed by atoms with Gasteiger partial charge in [-0.3, -0.25) is 4.79 Å². The first-order valence-corrected chi connectivity index (χ1v) is 10.3. The molecular formula is C23H29N3O2. The molecule has 2 fully saturated rings. The minimum absolute atomic E-state index is 0.0998. The number of benzene rings is 2. The van der Waals surface area contributed by atoms with E-state index in [2.05, 4.69) is 34.1 Å². The lowest BCUT2D eigenvalue weighted by Gasteiger charge is -2.36. The molecular weight excluding hydrogens is 350 g/mol. The van der Waals surface area contributed by atoms with Crippen LogP contribution in [0.3, 0.4) is 0 Å². The molecule has 2 saturated heterocycles. The maximum absolute atomic E-state index is 12.7. The van der Waals surface area contributed by atoms with Crippen molar-refractivity contribution in [1.29, 1.82) is 0 Å². The van der Waals surface area contributed by atoms with Crippen LogP contribution >= 0.6 is 0 Å². The molecule has 5 heteroatoms. The van der Waals surface area contributed by atoms with Gasteiger partial charge in [0.15, 0.2) is 0 Å². The Hall–Kier alpha value is -2.69. The molecule has 0 bridgehead atoms. The van der Waals surface area contributed by atoms with E-state index < -0.39 is 0 Å². The van der Waals surface area contributed by atoms with E-state index in [4.69, 9.17) is 4.74 Å². The van der Waals surface area contributed by atoms with Crippen molar-refractivity contribution in [2.45, 2.75) is 19.3 Å². The molecule has 2 aliphatic rings. The number of hydrogen-bond donors (Lipinski definition) is 0. The Morgan fingerprint density at radius 3 is 1.79 bits per heavy atom. The van der Waals surface area contributed by atoms with Gasteiger partial charge in [-0.25, -0.2) is 0 Å². The Labute approximate surface area is 167 Å². The molecule has 2 aromatic rings. The van der Waals surface area contributed by atoms with Gasteiger partial charge in [-0.2, -0.15) is 0 Å². The maximum Gasteiger partial charge on any atom is 0.253 e. The summed E-state index contributed by atoms with van der Waals surface area (Å²) >= 11 is 0. The summed E-state index contributed by atoms with van der Waals surface area (Å²) in [7, 11) is 1.63. The van der Waals surface area contributed by atoms with Crippen molar-refractivity contribution in [3.8, 4) is 5.75 Å². The number of carbonyl (C=O) groups excluding carboxylic acids is 1. The molecule has 148 valence electrons. The number of anilines is 2. The van der Waals surface area contributed by atoms with E-state index in [1.807, 2.05) is 29.2 Å². The summed E-state index contributed by atoms with van der Waals surface area (Å²) in [5, 5.41) is 0. The number of hydrogen-bond acceptors (Lipinski definition) is 4. The second-order valence-electron chi connectivity index (χ2n) is 7.57. The Bertz CT molecular complexity index is 774. The van der Waals surface area contributed by atoms with E-state index in [0.29, 0.717) is 0 Å². The average Bonchev–Trinajstić information content (AvgIpc) is 2.79. The van der Waals surface area contributed by atoms with Gasteiger partial charge in [0.1, 0.15) is 5.75 Å². The molecule has 0 N–H and O–H groups in total. The minimum Gasteiger partial charge on any atom is -0.497 e. The average molecular weight is 380 g/mol. The third-order valence-corrected chi connectivity index (χ3v) is 5.84.